The highest BCUT2D eigenvalue weighted by Crippen LogP contribution is 2.46. The molecule has 7 rings (SSSR count). The van der Waals surface area contributed by atoms with Gasteiger partial charge < -0.3 is 0 Å². The number of rotatable bonds is 5. The second-order valence-electron chi connectivity index (χ2n) is 12.3. The van der Waals surface area contributed by atoms with Gasteiger partial charge in [0, 0.05) is 11.8 Å². The maximum atomic E-state index is 2.61. The fourth-order valence-corrected chi connectivity index (χ4v) is 12.3. The maximum absolute atomic E-state index is 2.61. The van der Waals surface area contributed by atoms with Gasteiger partial charge >= 0.3 is 0 Å². The zero-order valence-corrected chi connectivity index (χ0v) is 26.3. The third-order valence-corrected chi connectivity index (χ3v) is 14.8. The first-order valence-corrected chi connectivity index (χ1v) is 17.8. The van der Waals surface area contributed by atoms with E-state index in [1.54, 1.807) is 10.4 Å². The topological polar surface area (TPSA) is 0 Å². The van der Waals surface area contributed by atoms with E-state index in [-0.39, 0.29) is 0 Å². The molecule has 0 radical (unpaired) electrons. The Morgan fingerprint density at radius 2 is 0.833 bits per heavy atom. The Balaban J connectivity index is 1.50. The van der Waals surface area contributed by atoms with Crippen LogP contribution in [0.3, 0.4) is 0 Å². The molecule has 5 aromatic rings. The predicted molar refractivity (Wildman–Crippen MR) is 183 cm³/mol. The van der Waals surface area contributed by atoms with Gasteiger partial charge in [-0.3, -0.25) is 0 Å². The van der Waals surface area contributed by atoms with Crippen molar-refractivity contribution in [2.45, 2.75) is 46.1 Å². The molecule has 0 heterocycles. The number of benzene rings is 5. The van der Waals surface area contributed by atoms with E-state index in [1.807, 2.05) is 0 Å². The predicted octanol–water partition coefficient (Wildman–Crippen LogP) is 8.66. The Bertz CT molecular complexity index is 1740. The molecule has 42 heavy (non-hydrogen) atoms. The summed E-state index contributed by atoms with van der Waals surface area (Å²) >= 11 is 0. The standard InChI is InChI=1S/C41H38Si/c1-27-29(3)40-34(38(27)31-17-9-6-10-18-31)23-15-25-36(40)42(5,33-21-13-8-14-22-33)37-26-16-24-35-39(28(2)30(4)41(35)37)32-19-11-7-12-20-32/h6-26,29-30H,1-5H3. The summed E-state index contributed by atoms with van der Waals surface area (Å²) in [5, 5.41) is 4.58. The van der Waals surface area contributed by atoms with Crippen molar-refractivity contribution >= 4 is 34.8 Å². The molecule has 0 fully saturated rings. The van der Waals surface area contributed by atoms with E-state index in [4.69, 9.17) is 0 Å². The highest BCUT2D eigenvalue weighted by Gasteiger charge is 2.43. The van der Waals surface area contributed by atoms with Gasteiger partial charge in [-0.15, -0.1) is 0 Å². The van der Waals surface area contributed by atoms with Crippen molar-refractivity contribution in [2.24, 2.45) is 0 Å². The minimum atomic E-state index is -2.45. The summed E-state index contributed by atoms with van der Waals surface area (Å²) in [6.45, 7) is 12.1. The van der Waals surface area contributed by atoms with Crippen LogP contribution >= 0.6 is 0 Å². The summed E-state index contributed by atoms with van der Waals surface area (Å²) in [7, 11) is -2.45. The normalized spacial score (nSPS) is 19.1. The van der Waals surface area contributed by atoms with Gasteiger partial charge in [0.05, 0.1) is 0 Å². The van der Waals surface area contributed by atoms with Crippen LogP contribution < -0.4 is 15.6 Å². The van der Waals surface area contributed by atoms with Crippen LogP contribution in [-0.4, -0.2) is 8.07 Å². The first-order valence-electron chi connectivity index (χ1n) is 15.3. The van der Waals surface area contributed by atoms with Gasteiger partial charge in [0.25, 0.3) is 0 Å². The van der Waals surface area contributed by atoms with Crippen molar-refractivity contribution < 1.29 is 0 Å². The molecule has 2 atom stereocenters. The van der Waals surface area contributed by atoms with Crippen LogP contribution in [-0.2, 0) is 0 Å². The summed E-state index contributed by atoms with van der Waals surface area (Å²) in [6, 6.07) is 47.7. The van der Waals surface area contributed by atoms with E-state index in [2.05, 4.69) is 162 Å². The molecule has 0 saturated heterocycles. The van der Waals surface area contributed by atoms with Crippen molar-refractivity contribution in [3.05, 3.63) is 172 Å². The lowest BCUT2D eigenvalue weighted by molar-refractivity contribution is 0.923. The van der Waals surface area contributed by atoms with E-state index in [0.717, 1.165) is 0 Å². The summed E-state index contributed by atoms with van der Waals surface area (Å²) in [4.78, 5) is 0. The molecule has 0 aliphatic heterocycles. The highest BCUT2D eigenvalue weighted by molar-refractivity contribution is 7.11. The fraction of sp³-hybridized carbons (Fsp3) is 0.171. The van der Waals surface area contributed by atoms with Gasteiger partial charge in [-0.1, -0.05) is 159 Å². The summed E-state index contributed by atoms with van der Waals surface area (Å²) in [6.07, 6.45) is 0. The zero-order chi connectivity index (χ0) is 29.0. The summed E-state index contributed by atoms with van der Waals surface area (Å²) in [5.74, 6) is 0.742. The van der Waals surface area contributed by atoms with Crippen LogP contribution in [0.5, 0.6) is 0 Å². The molecular formula is C41H38Si. The molecule has 0 amide bonds. The molecule has 0 N–H and O–H groups in total. The molecule has 0 aromatic heterocycles. The van der Waals surface area contributed by atoms with E-state index in [1.165, 1.54) is 60.9 Å². The van der Waals surface area contributed by atoms with E-state index in [9.17, 15) is 0 Å². The third-order valence-electron chi connectivity index (χ3n) is 10.3. The van der Waals surface area contributed by atoms with Crippen LogP contribution in [0.25, 0.3) is 11.1 Å². The van der Waals surface area contributed by atoms with Gasteiger partial charge in [-0.05, 0) is 73.9 Å². The Kier molecular flexibility index (Phi) is 6.52. The monoisotopic (exact) mass is 558 g/mol. The lowest BCUT2D eigenvalue weighted by Crippen LogP contribution is -2.66. The molecule has 0 nitrogen and oxygen atoms in total. The summed E-state index contributed by atoms with van der Waals surface area (Å²) in [5.41, 5.74) is 14.3. The fourth-order valence-electron chi connectivity index (χ4n) is 7.87. The van der Waals surface area contributed by atoms with Crippen molar-refractivity contribution in [2.75, 3.05) is 0 Å². The molecule has 5 aromatic carbocycles. The van der Waals surface area contributed by atoms with Crippen molar-refractivity contribution in [1.29, 1.82) is 0 Å². The molecular weight excluding hydrogens is 521 g/mol. The second kappa shape index (κ2) is 10.3. The Morgan fingerprint density at radius 1 is 0.452 bits per heavy atom. The molecule has 0 saturated carbocycles. The van der Waals surface area contributed by atoms with Gasteiger partial charge in [0.15, 0.2) is 0 Å². The van der Waals surface area contributed by atoms with Gasteiger partial charge in [-0.25, -0.2) is 0 Å². The highest BCUT2D eigenvalue weighted by atomic mass is 28.3. The van der Waals surface area contributed by atoms with E-state index in [0.29, 0.717) is 11.8 Å². The van der Waals surface area contributed by atoms with Crippen molar-refractivity contribution in [1.82, 2.24) is 0 Å². The van der Waals surface area contributed by atoms with Crippen LogP contribution in [0.2, 0.25) is 6.55 Å². The van der Waals surface area contributed by atoms with Crippen molar-refractivity contribution in [3.63, 3.8) is 0 Å². The van der Waals surface area contributed by atoms with E-state index < -0.39 is 8.07 Å². The average molecular weight is 559 g/mol. The Labute approximate surface area is 252 Å². The zero-order valence-electron chi connectivity index (χ0n) is 25.3. The van der Waals surface area contributed by atoms with Gasteiger partial charge in [-0.2, -0.15) is 0 Å². The number of fused-ring (bicyclic) bond motifs is 2. The Hall–Kier alpha value is -4.20. The minimum absolute atomic E-state index is 0.371. The molecule has 0 spiro atoms. The average Bonchev–Trinajstić information content (AvgIpc) is 3.46. The largest absolute Gasteiger partial charge is 0.146 e. The molecule has 206 valence electrons. The SMILES string of the molecule is CC1=C(c2ccccc2)c2cccc([Si](C)(c3ccccc3)c3cccc4c3C(C)C(C)=C4c3ccccc3)c2C1C. The third kappa shape index (κ3) is 3.87. The molecule has 2 unspecified atom stereocenters. The minimum Gasteiger partial charge on any atom is -0.0624 e. The lowest BCUT2D eigenvalue weighted by Gasteiger charge is -2.35. The number of hydrogen-bond donors (Lipinski definition) is 0. The summed E-state index contributed by atoms with van der Waals surface area (Å²) < 4.78 is 0. The first kappa shape index (κ1) is 26.7. The molecule has 2 aliphatic rings. The van der Waals surface area contributed by atoms with Gasteiger partial charge in [0.2, 0.25) is 0 Å². The van der Waals surface area contributed by atoms with Crippen LogP contribution in [0, 0.1) is 0 Å². The van der Waals surface area contributed by atoms with Crippen LogP contribution in [0.15, 0.2) is 139 Å². The molecule has 1 heteroatoms. The number of hydrogen-bond acceptors (Lipinski definition) is 0. The molecule has 2 aliphatic carbocycles. The Morgan fingerprint density at radius 3 is 1.24 bits per heavy atom. The number of allylic oxidation sites excluding steroid dienone is 2. The van der Waals surface area contributed by atoms with Crippen molar-refractivity contribution in [3.8, 4) is 0 Å². The van der Waals surface area contributed by atoms with Crippen LogP contribution in [0.1, 0.15) is 72.9 Å². The lowest BCUT2D eigenvalue weighted by atomic mass is 9.98. The molecule has 0 bridgehead atoms. The van der Waals surface area contributed by atoms with Gasteiger partial charge in [0.1, 0.15) is 8.07 Å². The second-order valence-corrected chi connectivity index (χ2v) is 16.2. The quantitative estimate of drug-likeness (QED) is 0.150. The van der Waals surface area contributed by atoms with E-state index >= 15 is 0 Å². The van der Waals surface area contributed by atoms with Crippen LogP contribution in [0.4, 0.5) is 0 Å². The first-order chi connectivity index (χ1) is 20.4. The maximum Gasteiger partial charge on any atom is 0.146 e. The smallest absolute Gasteiger partial charge is 0.0624 e.